The van der Waals surface area contributed by atoms with E-state index in [0.29, 0.717) is 35.5 Å². The average Bonchev–Trinajstić information content (AvgIpc) is 3.03. The molecule has 1 fully saturated rings. The van der Waals surface area contributed by atoms with Gasteiger partial charge in [-0.2, -0.15) is 5.10 Å². The number of hydrogen-bond acceptors (Lipinski definition) is 4. The average molecular weight is 358 g/mol. The standard InChI is InChI=1S/C19H26N4O3/c1-5-13(4)23-17-15(10-20-23)14(9-12(3)21-17)18(24)22-7-6-11(2)8-16(22)19(25)26/h9-11,13,16H,5-8H2,1-4H3,(H,25,26). The third-order valence-electron chi connectivity index (χ3n) is 5.34. The van der Waals surface area contributed by atoms with Crippen molar-refractivity contribution in [3.8, 4) is 0 Å². The van der Waals surface area contributed by atoms with Gasteiger partial charge in [0.1, 0.15) is 6.04 Å². The zero-order valence-corrected chi connectivity index (χ0v) is 15.8. The Labute approximate surface area is 153 Å². The molecule has 1 aliphatic heterocycles. The van der Waals surface area contributed by atoms with E-state index in [0.717, 1.165) is 18.5 Å². The maximum absolute atomic E-state index is 13.2. The minimum Gasteiger partial charge on any atom is -0.480 e. The van der Waals surface area contributed by atoms with Gasteiger partial charge in [-0.3, -0.25) is 4.79 Å². The number of aryl methyl sites for hydroxylation is 1. The fraction of sp³-hybridized carbons (Fsp3) is 0.579. The van der Waals surface area contributed by atoms with E-state index in [9.17, 15) is 14.7 Å². The second kappa shape index (κ2) is 7.05. The minimum absolute atomic E-state index is 0.173. The number of nitrogens with zero attached hydrogens (tertiary/aromatic N) is 4. The molecule has 0 aliphatic carbocycles. The number of piperidine rings is 1. The lowest BCUT2D eigenvalue weighted by Crippen LogP contribution is -2.49. The Morgan fingerprint density at radius 2 is 2.15 bits per heavy atom. The van der Waals surface area contributed by atoms with Gasteiger partial charge in [0.15, 0.2) is 5.65 Å². The van der Waals surface area contributed by atoms with Gasteiger partial charge in [-0.1, -0.05) is 13.8 Å². The van der Waals surface area contributed by atoms with E-state index in [1.165, 1.54) is 4.90 Å². The van der Waals surface area contributed by atoms with Gasteiger partial charge in [0.05, 0.1) is 23.2 Å². The van der Waals surface area contributed by atoms with Crippen molar-refractivity contribution in [1.82, 2.24) is 19.7 Å². The topological polar surface area (TPSA) is 88.3 Å². The fourth-order valence-electron chi connectivity index (χ4n) is 3.59. The molecule has 2 aromatic rings. The van der Waals surface area contributed by atoms with Gasteiger partial charge in [0.25, 0.3) is 5.91 Å². The van der Waals surface area contributed by atoms with Gasteiger partial charge in [-0.15, -0.1) is 0 Å². The number of pyridine rings is 1. The summed E-state index contributed by atoms with van der Waals surface area (Å²) < 4.78 is 1.84. The van der Waals surface area contributed by atoms with Crippen LogP contribution in [0.15, 0.2) is 12.3 Å². The van der Waals surface area contributed by atoms with Crippen LogP contribution >= 0.6 is 0 Å². The molecule has 3 unspecified atom stereocenters. The first-order valence-electron chi connectivity index (χ1n) is 9.22. The first-order chi connectivity index (χ1) is 12.3. The lowest BCUT2D eigenvalue weighted by molar-refractivity contribution is -0.144. The molecule has 1 aliphatic rings. The molecule has 26 heavy (non-hydrogen) atoms. The Morgan fingerprint density at radius 3 is 2.81 bits per heavy atom. The summed E-state index contributed by atoms with van der Waals surface area (Å²) in [7, 11) is 0. The molecular formula is C19H26N4O3. The molecule has 1 N–H and O–H groups in total. The molecule has 2 aromatic heterocycles. The highest BCUT2D eigenvalue weighted by Gasteiger charge is 2.36. The molecule has 0 radical (unpaired) electrons. The lowest BCUT2D eigenvalue weighted by atomic mass is 9.91. The SMILES string of the molecule is CCC(C)n1ncc2c(C(=O)N3CCC(C)CC3C(=O)O)cc(C)nc21. The molecule has 7 heteroatoms. The number of hydrogen-bond donors (Lipinski definition) is 1. The molecule has 140 valence electrons. The molecule has 1 amide bonds. The first-order valence-corrected chi connectivity index (χ1v) is 9.22. The number of rotatable bonds is 4. The van der Waals surface area contributed by atoms with Crippen molar-refractivity contribution in [3.05, 3.63) is 23.5 Å². The van der Waals surface area contributed by atoms with E-state index in [2.05, 4.69) is 23.9 Å². The summed E-state index contributed by atoms with van der Waals surface area (Å²) in [5.41, 5.74) is 1.89. The molecule has 0 saturated carbocycles. The maximum atomic E-state index is 13.2. The maximum Gasteiger partial charge on any atom is 0.326 e. The Hall–Kier alpha value is -2.44. The van der Waals surface area contributed by atoms with E-state index in [-0.39, 0.29) is 11.9 Å². The lowest BCUT2D eigenvalue weighted by Gasteiger charge is -2.36. The molecule has 3 heterocycles. The number of likely N-dealkylation sites (tertiary alicyclic amines) is 1. The van der Waals surface area contributed by atoms with E-state index in [1.54, 1.807) is 12.3 Å². The number of amides is 1. The number of aromatic nitrogens is 3. The number of carboxylic acid groups (broad SMARTS) is 1. The van der Waals surface area contributed by atoms with Crippen LogP contribution in [0.3, 0.4) is 0 Å². The van der Waals surface area contributed by atoms with Crippen molar-refractivity contribution in [2.24, 2.45) is 5.92 Å². The summed E-state index contributed by atoms with van der Waals surface area (Å²) in [6, 6.07) is 1.14. The minimum atomic E-state index is -0.942. The predicted molar refractivity (Wildman–Crippen MR) is 98.1 cm³/mol. The predicted octanol–water partition coefficient (Wildman–Crippen LogP) is 3.04. The third-order valence-corrected chi connectivity index (χ3v) is 5.34. The number of carbonyl (C=O) groups excluding carboxylic acids is 1. The zero-order chi connectivity index (χ0) is 19.0. The van der Waals surface area contributed by atoms with Crippen LogP contribution in [0.1, 0.15) is 62.1 Å². The van der Waals surface area contributed by atoms with Gasteiger partial charge in [-0.25, -0.2) is 14.5 Å². The van der Waals surface area contributed by atoms with Crippen LogP contribution in [-0.2, 0) is 4.79 Å². The third kappa shape index (κ3) is 3.18. The highest BCUT2D eigenvalue weighted by atomic mass is 16.4. The van der Waals surface area contributed by atoms with Gasteiger partial charge in [-0.05, 0) is 45.1 Å². The van der Waals surface area contributed by atoms with Crippen LogP contribution in [0.25, 0.3) is 11.0 Å². The van der Waals surface area contributed by atoms with Crippen LogP contribution in [0.2, 0.25) is 0 Å². The van der Waals surface area contributed by atoms with Crippen molar-refractivity contribution in [1.29, 1.82) is 0 Å². The molecular weight excluding hydrogens is 332 g/mol. The monoisotopic (exact) mass is 358 g/mol. The number of carboxylic acids is 1. The summed E-state index contributed by atoms with van der Waals surface area (Å²) in [5, 5.41) is 14.7. The quantitative estimate of drug-likeness (QED) is 0.907. The summed E-state index contributed by atoms with van der Waals surface area (Å²) in [6.45, 7) is 8.47. The van der Waals surface area contributed by atoms with Crippen LogP contribution in [0.4, 0.5) is 0 Å². The van der Waals surface area contributed by atoms with Crippen LogP contribution in [0.5, 0.6) is 0 Å². The van der Waals surface area contributed by atoms with E-state index in [1.807, 2.05) is 18.5 Å². The Morgan fingerprint density at radius 1 is 1.42 bits per heavy atom. The smallest absolute Gasteiger partial charge is 0.326 e. The largest absolute Gasteiger partial charge is 0.480 e. The van der Waals surface area contributed by atoms with Crippen molar-refractivity contribution in [2.75, 3.05) is 6.54 Å². The van der Waals surface area contributed by atoms with Crippen molar-refractivity contribution >= 4 is 22.9 Å². The number of fused-ring (bicyclic) bond motifs is 1. The number of aliphatic carboxylic acids is 1. The number of carbonyl (C=O) groups is 2. The second-order valence-electron chi connectivity index (χ2n) is 7.38. The van der Waals surface area contributed by atoms with E-state index >= 15 is 0 Å². The van der Waals surface area contributed by atoms with Crippen molar-refractivity contribution in [3.63, 3.8) is 0 Å². The molecule has 0 aromatic carbocycles. The van der Waals surface area contributed by atoms with E-state index < -0.39 is 12.0 Å². The van der Waals surface area contributed by atoms with Crippen molar-refractivity contribution in [2.45, 2.75) is 59.0 Å². The van der Waals surface area contributed by atoms with Crippen LogP contribution in [-0.4, -0.2) is 49.2 Å². The zero-order valence-electron chi connectivity index (χ0n) is 15.8. The Balaban J connectivity index is 2.05. The van der Waals surface area contributed by atoms with Gasteiger partial charge in [0, 0.05) is 12.2 Å². The highest BCUT2D eigenvalue weighted by Crippen LogP contribution is 2.28. The summed E-state index contributed by atoms with van der Waals surface area (Å²) in [4.78, 5) is 31.0. The normalized spacial score (nSPS) is 21.8. The van der Waals surface area contributed by atoms with E-state index in [4.69, 9.17) is 0 Å². The molecule has 0 spiro atoms. The summed E-state index contributed by atoms with van der Waals surface area (Å²) >= 11 is 0. The van der Waals surface area contributed by atoms with Gasteiger partial charge >= 0.3 is 5.97 Å². The summed E-state index contributed by atoms with van der Waals surface area (Å²) in [6.07, 6.45) is 3.87. The van der Waals surface area contributed by atoms with Crippen LogP contribution < -0.4 is 0 Å². The fourth-order valence-corrected chi connectivity index (χ4v) is 3.59. The molecule has 3 rings (SSSR count). The van der Waals surface area contributed by atoms with Crippen molar-refractivity contribution < 1.29 is 14.7 Å². The Bertz CT molecular complexity index is 845. The van der Waals surface area contributed by atoms with Gasteiger partial charge in [0.2, 0.25) is 0 Å². The van der Waals surface area contributed by atoms with Gasteiger partial charge < -0.3 is 10.0 Å². The molecule has 0 bridgehead atoms. The highest BCUT2D eigenvalue weighted by molar-refractivity contribution is 6.06. The summed E-state index contributed by atoms with van der Waals surface area (Å²) in [5.74, 6) is -0.891. The molecule has 7 nitrogen and oxygen atoms in total. The molecule has 3 atom stereocenters. The molecule has 1 saturated heterocycles. The van der Waals surface area contributed by atoms with Crippen LogP contribution in [0, 0.1) is 12.8 Å². The second-order valence-corrected chi connectivity index (χ2v) is 7.38. The Kier molecular flexibility index (Phi) is 4.98. The first kappa shape index (κ1) is 18.4.